The van der Waals surface area contributed by atoms with Crippen LogP contribution < -0.4 is 25.7 Å². The van der Waals surface area contributed by atoms with Crippen LogP contribution in [-0.2, 0) is 0 Å². The van der Waals surface area contributed by atoms with Crippen LogP contribution in [0.25, 0.3) is 0 Å². The minimum atomic E-state index is -0.108. The molecule has 0 saturated carbocycles. The third-order valence-electron chi connectivity index (χ3n) is 2.31. The maximum absolute atomic E-state index is 5.63. The van der Waals surface area contributed by atoms with Gasteiger partial charge in [-0.25, -0.2) is 0 Å². The van der Waals surface area contributed by atoms with Gasteiger partial charge in [-0.1, -0.05) is 6.92 Å². The summed E-state index contributed by atoms with van der Waals surface area (Å²) in [5.74, 6) is 1.58. The highest BCUT2D eigenvalue weighted by atomic mass is 16.5. The lowest BCUT2D eigenvalue weighted by atomic mass is 10.2. The fraction of sp³-hybridized carbons (Fsp3) is 0.385. The van der Waals surface area contributed by atoms with Crippen molar-refractivity contribution >= 4 is 12.2 Å². The van der Waals surface area contributed by atoms with Crippen molar-refractivity contribution in [1.82, 2.24) is 0 Å². The lowest BCUT2D eigenvalue weighted by Gasteiger charge is -2.14. The SMILES string of the molecule is CCCOc1c(OC)cc(/C=N\N=C(N)N)cc1OC. The van der Waals surface area contributed by atoms with E-state index in [1.54, 1.807) is 26.4 Å². The van der Waals surface area contributed by atoms with Gasteiger partial charge in [-0.3, -0.25) is 0 Å². The Kier molecular flexibility index (Phi) is 6.15. The first-order valence-electron chi connectivity index (χ1n) is 6.13. The van der Waals surface area contributed by atoms with E-state index in [0.29, 0.717) is 23.9 Å². The zero-order valence-electron chi connectivity index (χ0n) is 11.9. The van der Waals surface area contributed by atoms with Gasteiger partial charge in [0, 0.05) is 5.56 Å². The normalized spacial score (nSPS) is 10.3. The monoisotopic (exact) mass is 280 g/mol. The molecule has 20 heavy (non-hydrogen) atoms. The van der Waals surface area contributed by atoms with Gasteiger partial charge < -0.3 is 25.7 Å². The molecule has 0 aliphatic heterocycles. The lowest BCUT2D eigenvalue weighted by molar-refractivity contribution is 0.275. The predicted octanol–water partition coefficient (Wildman–Crippen LogP) is 1.10. The molecule has 7 nitrogen and oxygen atoms in total. The van der Waals surface area contributed by atoms with E-state index in [1.807, 2.05) is 6.92 Å². The molecule has 1 aromatic rings. The van der Waals surface area contributed by atoms with Crippen LogP contribution in [-0.4, -0.2) is 33.0 Å². The number of nitrogens with zero attached hydrogens (tertiary/aromatic N) is 2. The summed E-state index contributed by atoms with van der Waals surface area (Å²) < 4.78 is 16.2. The Morgan fingerprint density at radius 3 is 2.25 bits per heavy atom. The third-order valence-corrected chi connectivity index (χ3v) is 2.31. The first-order valence-corrected chi connectivity index (χ1v) is 6.13. The highest BCUT2D eigenvalue weighted by Gasteiger charge is 2.13. The first kappa shape index (κ1) is 15.6. The van der Waals surface area contributed by atoms with Gasteiger partial charge in [0.25, 0.3) is 0 Å². The van der Waals surface area contributed by atoms with Gasteiger partial charge in [-0.15, -0.1) is 5.10 Å². The second-order valence-corrected chi connectivity index (χ2v) is 3.87. The van der Waals surface area contributed by atoms with Gasteiger partial charge >= 0.3 is 0 Å². The Morgan fingerprint density at radius 2 is 1.80 bits per heavy atom. The van der Waals surface area contributed by atoms with Crippen molar-refractivity contribution in [2.45, 2.75) is 13.3 Å². The Balaban J connectivity index is 3.11. The number of guanidine groups is 1. The zero-order chi connectivity index (χ0) is 15.0. The van der Waals surface area contributed by atoms with E-state index in [-0.39, 0.29) is 5.96 Å². The summed E-state index contributed by atoms with van der Waals surface area (Å²) in [6.07, 6.45) is 2.38. The van der Waals surface area contributed by atoms with Gasteiger partial charge in [0.2, 0.25) is 11.7 Å². The lowest BCUT2D eigenvalue weighted by Crippen LogP contribution is -2.21. The molecular weight excluding hydrogens is 260 g/mol. The van der Waals surface area contributed by atoms with Crippen molar-refractivity contribution in [1.29, 1.82) is 0 Å². The zero-order valence-corrected chi connectivity index (χ0v) is 11.9. The van der Waals surface area contributed by atoms with E-state index in [4.69, 9.17) is 25.7 Å². The maximum atomic E-state index is 5.63. The molecule has 4 N–H and O–H groups in total. The number of rotatable bonds is 7. The number of nitrogens with two attached hydrogens (primary N) is 2. The molecular formula is C13H20N4O3. The Hall–Kier alpha value is -2.44. The van der Waals surface area contributed by atoms with Gasteiger partial charge in [0.1, 0.15) is 0 Å². The number of hydrogen-bond donors (Lipinski definition) is 2. The highest BCUT2D eigenvalue weighted by Crippen LogP contribution is 2.38. The van der Waals surface area contributed by atoms with Crippen LogP contribution in [0.1, 0.15) is 18.9 Å². The largest absolute Gasteiger partial charge is 0.493 e. The minimum Gasteiger partial charge on any atom is -0.493 e. The average molecular weight is 280 g/mol. The number of ether oxygens (including phenoxy) is 3. The molecule has 0 radical (unpaired) electrons. The number of benzene rings is 1. The molecule has 0 aliphatic rings. The molecule has 0 saturated heterocycles. The van der Waals surface area contributed by atoms with Crippen molar-refractivity contribution in [2.75, 3.05) is 20.8 Å². The van der Waals surface area contributed by atoms with Crippen LogP contribution in [0.3, 0.4) is 0 Å². The quantitative estimate of drug-likeness (QED) is 0.442. The Bertz CT molecular complexity index is 471. The smallest absolute Gasteiger partial charge is 0.211 e. The van der Waals surface area contributed by atoms with Crippen molar-refractivity contribution < 1.29 is 14.2 Å². The Morgan fingerprint density at radius 1 is 1.20 bits per heavy atom. The molecule has 0 heterocycles. The maximum Gasteiger partial charge on any atom is 0.211 e. The molecule has 0 spiro atoms. The van der Waals surface area contributed by atoms with Crippen molar-refractivity contribution in [3.8, 4) is 17.2 Å². The molecule has 0 aromatic heterocycles. The van der Waals surface area contributed by atoms with E-state index < -0.39 is 0 Å². The van der Waals surface area contributed by atoms with Crippen LogP contribution in [0.15, 0.2) is 22.3 Å². The predicted molar refractivity (Wildman–Crippen MR) is 78.7 cm³/mol. The molecule has 7 heteroatoms. The standard InChI is InChI=1S/C13H20N4O3/c1-4-5-20-12-10(18-2)6-9(7-11(12)19-3)8-16-17-13(14)15/h6-8H,4-5H2,1-3H3,(H4,14,15,17)/b16-8-. The first-order chi connectivity index (χ1) is 9.62. The molecule has 1 aromatic carbocycles. The van der Waals surface area contributed by atoms with Crippen molar-refractivity contribution in [2.24, 2.45) is 21.7 Å². The fourth-order valence-electron chi connectivity index (χ4n) is 1.48. The highest BCUT2D eigenvalue weighted by molar-refractivity contribution is 5.83. The molecule has 110 valence electrons. The molecule has 0 unspecified atom stereocenters. The van der Waals surface area contributed by atoms with Crippen LogP contribution in [0.4, 0.5) is 0 Å². The van der Waals surface area contributed by atoms with Gasteiger partial charge in [-0.2, -0.15) is 5.10 Å². The average Bonchev–Trinajstić information content (AvgIpc) is 2.44. The summed E-state index contributed by atoms with van der Waals surface area (Å²) in [6, 6.07) is 3.53. The van der Waals surface area contributed by atoms with Crippen LogP contribution in [0.2, 0.25) is 0 Å². The summed E-state index contributed by atoms with van der Waals surface area (Å²) >= 11 is 0. The summed E-state index contributed by atoms with van der Waals surface area (Å²) in [5, 5.41) is 7.28. The molecule has 0 atom stereocenters. The van der Waals surface area contributed by atoms with Crippen LogP contribution in [0, 0.1) is 0 Å². The summed E-state index contributed by atoms with van der Waals surface area (Å²) in [7, 11) is 3.12. The van der Waals surface area contributed by atoms with Crippen LogP contribution in [0.5, 0.6) is 17.2 Å². The number of methoxy groups -OCH3 is 2. The van der Waals surface area contributed by atoms with Crippen molar-refractivity contribution in [3.63, 3.8) is 0 Å². The van der Waals surface area contributed by atoms with Gasteiger partial charge in [-0.05, 0) is 18.6 Å². The van der Waals surface area contributed by atoms with Gasteiger partial charge in [0.15, 0.2) is 11.5 Å². The Labute approximate surface area is 118 Å². The summed E-state index contributed by atoms with van der Waals surface area (Å²) in [5.41, 5.74) is 11.1. The van der Waals surface area contributed by atoms with E-state index in [9.17, 15) is 0 Å². The third kappa shape index (κ3) is 4.34. The molecule has 0 bridgehead atoms. The number of hydrogen-bond acceptors (Lipinski definition) is 5. The van der Waals surface area contributed by atoms with E-state index in [0.717, 1.165) is 12.0 Å². The van der Waals surface area contributed by atoms with Crippen LogP contribution >= 0.6 is 0 Å². The van der Waals surface area contributed by atoms with Gasteiger partial charge in [0.05, 0.1) is 27.0 Å². The second-order valence-electron chi connectivity index (χ2n) is 3.87. The van der Waals surface area contributed by atoms with E-state index in [2.05, 4.69) is 10.2 Å². The topological polar surface area (TPSA) is 104 Å². The fourth-order valence-corrected chi connectivity index (χ4v) is 1.48. The second kappa shape index (κ2) is 7.88. The van der Waals surface area contributed by atoms with E-state index in [1.165, 1.54) is 6.21 Å². The molecule has 1 rings (SSSR count). The minimum absolute atomic E-state index is 0.108. The molecule has 0 aliphatic carbocycles. The molecule has 0 fully saturated rings. The summed E-state index contributed by atoms with van der Waals surface area (Å²) in [6.45, 7) is 2.60. The summed E-state index contributed by atoms with van der Waals surface area (Å²) in [4.78, 5) is 0. The molecule has 0 amide bonds. The van der Waals surface area contributed by atoms with Crippen molar-refractivity contribution in [3.05, 3.63) is 17.7 Å². The van der Waals surface area contributed by atoms with E-state index >= 15 is 0 Å².